The number of aryl methyl sites for hydroxylation is 2. The zero-order valence-electron chi connectivity index (χ0n) is 15.2. The summed E-state index contributed by atoms with van der Waals surface area (Å²) in [5, 5.41) is 4.25. The summed E-state index contributed by atoms with van der Waals surface area (Å²) in [4.78, 5) is 17.0. The van der Waals surface area contributed by atoms with Crippen LogP contribution in [0.5, 0.6) is 0 Å². The van der Waals surface area contributed by atoms with Crippen LogP contribution in [0.4, 0.5) is 8.78 Å². The maximum absolute atomic E-state index is 13.3. The third-order valence-electron chi connectivity index (χ3n) is 5.47. The van der Waals surface area contributed by atoms with E-state index in [1.807, 2.05) is 18.9 Å². The van der Waals surface area contributed by atoms with Crippen molar-refractivity contribution in [3.63, 3.8) is 0 Å². The Bertz CT molecular complexity index is 606. The summed E-state index contributed by atoms with van der Waals surface area (Å²) in [7, 11) is 1.82. The van der Waals surface area contributed by atoms with Crippen molar-refractivity contribution < 1.29 is 13.6 Å². The first-order valence-electron chi connectivity index (χ1n) is 9.24. The molecule has 0 N–H and O–H groups in total. The van der Waals surface area contributed by atoms with Gasteiger partial charge in [0.1, 0.15) is 0 Å². The van der Waals surface area contributed by atoms with Crippen molar-refractivity contribution in [2.45, 2.75) is 45.0 Å². The van der Waals surface area contributed by atoms with Crippen LogP contribution in [0.25, 0.3) is 0 Å². The summed E-state index contributed by atoms with van der Waals surface area (Å²) >= 11 is 0. The van der Waals surface area contributed by atoms with Gasteiger partial charge in [-0.15, -0.1) is 0 Å². The fraction of sp³-hybridized carbons (Fsp3) is 0.778. The highest BCUT2D eigenvalue weighted by molar-refractivity contribution is 5.95. The average Bonchev–Trinajstić information content (AvgIpc) is 2.75. The molecule has 2 heterocycles. The Morgan fingerprint density at radius 3 is 2.60 bits per heavy atom. The lowest BCUT2D eigenvalue weighted by molar-refractivity contribution is -0.0487. The van der Waals surface area contributed by atoms with Gasteiger partial charge < -0.3 is 9.80 Å². The molecule has 1 aromatic rings. The second-order valence-electron chi connectivity index (χ2n) is 7.55. The van der Waals surface area contributed by atoms with E-state index in [1.165, 1.54) is 0 Å². The molecule has 0 radical (unpaired) electrons. The lowest BCUT2D eigenvalue weighted by Gasteiger charge is -2.32. The van der Waals surface area contributed by atoms with E-state index in [4.69, 9.17) is 0 Å². The van der Waals surface area contributed by atoms with Crippen LogP contribution in [-0.4, -0.2) is 64.1 Å². The zero-order chi connectivity index (χ0) is 18.0. The number of amides is 1. The van der Waals surface area contributed by atoms with Crippen LogP contribution in [0.2, 0.25) is 0 Å². The van der Waals surface area contributed by atoms with Crippen molar-refractivity contribution in [2.24, 2.45) is 13.0 Å². The lowest BCUT2D eigenvalue weighted by atomic mass is 9.86. The number of halogens is 2. The molecule has 0 atom stereocenters. The van der Waals surface area contributed by atoms with Crippen molar-refractivity contribution in [1.82, 2.24) is 19.6 Å². The molecule has 5 nitrogen and oxygen atoms in total. The Kier molecular flexibility index (Phi) is 5.41. The van der Waals surface area contributed by atoms with Crippen LogP contribution in [-0.2, 0) is 7.05 Å². The summed E-state index contributed by atoms with van der Waals surface area (Å²) in [5.41, 5.74) is 1.43. The van der Waals surface area contributed by atoms with Gasteiger partial charge in [0, 0.05) is 52.3 Å². The number of alkyl halides is 2. The first-order chi connectivity index (χ1) is 11.8. The smallest absolute Gasteiger partial charge is 0.257 e. The fourth-order valence-corrected chi connectivity index (χ4v) is 3.98. The van der Waals surface area contributed by atoms with Gasteiger partial charge in [0.2, 0.25) is 5.92 Å². The zero-order valence-corrected chi connectivity index (χ0v) is 15.2. The Morgan fingerprint density at radius 1 is 1.24 bits per heavy atom. The number of hydrogen-bond donors (Lipinski definition) is 0. The molecule has 1 aromatic heterocycles. The van der Waals surface area contributed by atoms with Gasteiger partial charge in [0.15, 0.2) is 0 Å². The van der Waals surface area contributed by atoms with E-state index in [0.717, 1.165) is 38.3 Å². The molecule has 2 aliphatic rings. The third-order valence-corrected chi connectivity index (χ3v) is 5.47. The Hall–Kier alpha value is -1.50. The van der Waals surface area contributed by atoms with E-state index < -0.39 is 5.92 Å². The highest BCUT2D eigenvalue weighted by atomic mass is 19.3. The average molecular weight is 354 g/mol. The van der Waals surface area contributed by atoms with Crippen molar-refractivity contribution in [3.05, 3.63) is 17.5 Å². The molecule has 0 bridgehead atoms. The summed E-state index contributed by atoms with van der Waals surface area (Å²) in [6.45, 7) is 5.92. The van der Waals surface area contributed by atoms with Gasteiger partial charge in [-0.3, -0.25) is 9.48 Å². The van der Waals surface area contributed by atoms with Crippen LogP contribution >= 0.6 is 0 Å². The van der Waals surface area contributed by atoms with E-state index >= 15 is 0 Å². The molecule has 3 rings (SSSR count). The highest BCUT2D eigenvalue weighted by Crippen LogP contribution is 2.36. The second-order valence-corrected chi connectivity index (χ2v) is 7.55. The number of hydrogen-bond acceptors (Lipinski definition) is 3. The topological polar surface area (TPSA) is 41.4 Å². The molecule has 0 unspecified atom stereocenters. The van der Waals surface area contributed by atoms with E-state index in [0.29, 0.717) is 30.9 Å². The van der Waals surface area contributed by atoms with E-state index in [1.54, 1.807) is 10.9 Å². The molecular formula is C18H28F2N4O. The minimum atomic E-state index is -2.46. The van der Waals surface area contributed by atoms with Gasteiger partial charge in [-0.05, 0) is 38.6 Å². The van der Waals surface area contributed by atoms with Crippen molar-refractivity contribution in [1.29, 1.82) is 0 Å². The summed E-state index contributed by atoms with van der Waals surface area (Å²) in [6.07, 6.45) is 3.98. The predicted molar refractivity (Wildman–Crippen MR) is 91.8 cm³/mol. The predicted octanol–water partition coefficient (Wildman–Crippen LogP) is 2.70. The van der Waals surface area contributed by atoms with E-state index in [-0.39, 0.29) is 18.7 Å². The molecule has 1 amide bonds. The van der Waals surface area contributed by atoms with Crippen LogP contribution in [0.15, 0.2) is 6.20 Å². The lowest BCUT2D eigenvalue weighted by Crippen LogP contribution is -2.38. The monoisotopic (exact) mass is 354 g/mol. The molecule has 0 aromatic carbocycles. The molecule has 25 heavy (non-hydrogen) atoms. The van der Waals surface area contributed by atoms with Crippen LogP contribution < -0.4 is 0 Å². The summed E-state index contributed by atoms with van der Waals surface area (Å²) < 4.78 is 28.3. The van der Waals surface area contributed by atoms with Gasteiger partial charge in [-0.1, -0.05) is 0 Å². The summed E-state index contributed by atoms with van der Waals surface area (Å²) in [5.74, 6) is -2.05. The van der Waals surface area contributed by atoms with Gasteiger partial charge in [-0.2, -0.15) is 5.10 Å². The normalized spacial score (nSPS) is 22.8. The summed E-state index contributed by atoms with van der Waals surface area (Å²) in [6, 6.07) is 0. The number of aromatic nitrogens is 2. The minimum absolute atomic E-state index is 0.0242. The molecule has 0 spiro atoms. The van der Waals surface area contributed by atoms with Gasteiger partial charge in [0.05, 0.1) is 11.3 Å². The van der Waals surface area contributed by atoms with Crippen LogP contribution in [0.1, 0.15) is 48.2 Å². The first-order valence-corrected chi connectivity index (χ1v) is 9.24. The Balaban J connectivity index is 1.52. The van der Waals surface area contributed by atoms with Gasteiger partial charge in [0.25, 0.3) is 5.91 Å². The van der Waals surface area contributed by atoms with Crippen LogP contribution in [0, 0.1) is 12.8 Å². The largest absolute Gasteiger partial charge is 0.337 e. The number of carbonyl (C=O) groups is 1. The molecule has 140 valence electrons. The SMILES string of the molecule is Cc1nn(C)cc1C(=O)N1CCCN(CC2CCC(F)(F)CC2)CC1. The van der Waals surface area contributed by atoms with Crippen LogP contribution in [0.3, 0.4) is 0 Å². The second kappa shape index (κ2) is 7.40. The van der Waals surface area contributed by atoms with Gasteiger partial charge in [-0.25, -0.2) is 8.78 Å². The number of nitrogens with zero attached hydrogens (tertiary/aromatic N) is 4. The first kappa shape index (κ1) is 18.3. The third kappa shape index (κ3) is 4.57. The maximum Gasteiger partial charge on any atom is 0.257 e. The Morgan fingerprint density at radius 2 is 1.96 bits per heavy atom. The molecule has 1 aliphatic heterocycles. The molecule has 1 aliphatic carbocycles. The van der Waals surface area contributed by atoms with Gasteiger partial charge >= 0.3 is 0 Å². The quantitative estimate of drug-likeness (QED) is 0.838. The standard InChI is InChI=1S/C18H28F2N4O/c1-14-16(13-22(2)21-14)17(25)24-9-3-8-23(10-11-24)12-15-4-6-18(19,20)7-5-15/h13,15H,3-12H2,1-2H3. The minimum Gasteiger partial charge on any atom is -0.337 e. The van der Waals surface area contributed by atoms with E-state index in [9.17, 15) is 13.6 Å². The van der Waals surface area contributed by atoms with E-state index in [2.05, 4.69) is 10.00 Å². The molecule has 2 fully saturated rings. The molecular weight excluding hydrogens is 326 g/mol. The highest BCUT2D eigenvalue weighted by Gasteiger charge is 2.35. The fourth-order valence-electron chi connectivity index (χ4n) is 3.98. The van der Waals surface area contributed by atoms with Crippen molar-refractivity contribution in [2.75, 3.05) is 32.7 Å². The van der Waals surface area contributed by atoms with Crippen molar-refractivity contribution >= 4 is 5.91 Å². The Labute approximate surface area is 148 Å². The number of rotatable bonds is 3. The molecule has 1 saturated heterocycles. The maximum atomic E-state index is 13.3. The molecule has 7 heteroatoms. The molecule has 1 saturated carbocycles. The van der Waals surface area contributed by atoms with Crippen molar-refractivity contribution in [3.8, 4) is 0 Å². The number of carbonyl (C=O) groups excluding carboxylic acids is 1.